The number of aromatic nitrogens is 1. The molecule has 1 unspecified atom stereocenters. The molecule has 1 atom stereocenters. The molecule has 5 heteroatoms. The summed E-state index contributed by atoms with van der Waals surface area (Å²) in [6.07, 6.45) is 5.18. The van der Waals surface area contributed by atoms with Crippen molar-refractivity contribution in [3.8, 4) is 17.2 Å². The predicted octanol–water partition coefficient (Wildman–Crippen LogP) is 3.27. The number of fused-ring (bicyclic) bond motifs is 1. The molecule has 0 radical (unpaired) electrons. The molecule has 22 heavy (non-hydrogen) atoms. The van der Waals surface area contributed by atoms with Crippen LogP contribution in [-0.4, -0.2) is 16.2 Å². The molecule has 1 amide bonds. The molecule has 0 fully saturated rings. The number of rotatable bonds is 2. The molecule has 2 N–H and O–H groups in total. The molecule has 3 rings (SSSR count). The Morgan fingerprint density at radius 2 is 2.09 bits per heavy atom. The molecule has 0 saturated heterocycles. The number of carbonyl (C=O) groups is 1. The van der Waals surface area contributed by atoms with Crippen molar-refractivity contribution in [3.05, 3.63) is 53.3 Å². The fourth-order valence-electron chi connectivity index (χ4n) is 2.99. The van der Waals surface area contributed by atoms with E-state index in [0.29, 0.717) is 5.56 Å². The second-order valence-corrected chi connectivity index (χ2v) is 5.34. The van der Waals surface area contributed by atoms with Gasteiger partial charge in [-0.25, -0.2) is 4.79 Å². The maximum Gasteiger partial charge on any atom is 0.405 e. The molecule has 0 saturated carbocycles. The van der Waals surface area contributed by atoms with Gasteiger partial charge in [-0.05, 0) is 48.1 Å². The summed E-state index contributed by atoms with van der Waals surface area (Å²) in [5.41, 5.74) is 4.73. The summed E-state index contributed by atoms with van der Waals surface area (Å²) in [6.45, 7) is 0. The number of hydrogen-bond acceptors (Lipinski definition) is 3. The molecule has 1 aliphatic carbocycles. The average Bonchev–Trinajstić information content (AvgIpc) is 2.54. The molecule has 110 valence electrons. The molecule has 1 aliphatic rings. The average molecular weight is 293 g/mol. The van der Waals surface area contributed by atoms with Crippen molar-refractivity contribution in [2.45, 2.75) is 25.3 Å². The second-order valence-electron chi connectivity index (χ2n) is 5.34. The van der Waals surface area contributed by atoms with Crippen LogP contribution in [0, 0.1) is 11.3 Å². The summed E-state index contributed by atoms with van der Waals surface area (Å²) in [5, 5.41) is 20.4. The number of hydrogen-bond donors (Lipinski definition) is 2. The molecule has 0 aliphatic heterocycles. The molecular formula is C17H15N3O2. The summed E-state index contributed by atoms with van der Waals surface area (Å²) < 4.78 is 0. The highest BCUT2D eigenvalue weighted by molar-refractivity contribution is 5.70. The molecule has 1 aromatic heterocycles. The van der Waals surface area contributed by atoms with Gasteiger partial charge in [-0.2, -0.15) is 5.26 Å². The Kier molecular flexibility index (Phi) is 3.75. The topological polar surface area (TPSA) is 86.0 Å². The largest absolute Gasteiger partial charge is 0.465 e. The SMILES string of the molecule is N#Cc1ccc(-c2cncc3c2CCCC3NC(=O)O)cc1. The maximum absolute atomic E-state index is 10.9. The Balaban J connectivity index is 2.03. The first kappa shape index (κ1) is 14.1. The van der Waals surface area contributed by atoms with Crippen LogP contribution < -0.4 is 5.32 Å². The number of nitrogens with zero attached hydrogens (tertiary/aromatic N) is 2. The molecule has 2 aromatic rings. The van der Waals surface area contributed by atoms with E-state index < -0.39 is 6.09 Å². The summed E-state index contributed by atoms with van der Waals surface area (Å²) in [5.74, 6) is 0. The Morgan fingerprint density at radius 3 is 2.77 bits per heavy atom. The number of nitriles is 1. The zero-order valence-electron chi connectivity index (χ0n) is 11.9. The smallest absolute Gasteiger partial charge is 0.405 e. The van der Waals surface area contributed by atoms with Crippen LogP contribution in [0.2, 0.25) is 0 Å². The minimum Gasteiger partial charge on any atom is -0.465 e. The Labute approximate surface area is 128 Å². The van der Waals surface area contributed by atoms with Gasteiger partial charge < -0.3 is 10.4 Å². The third-order valence-electron chi connectivity index (χ3n) is 4.01. The zero-order valence-corrected chi connectivity index (χ0v) is 11.9. The van der Waals surface area contributed by atoms with Gasteiger partial charge in [0, 0.05) is 18.0 Å². The van der Waals surface area contributed by atoms with Crippen molar-refractivity contribution in [3.63, 3.8) is 0 Å². The zero-order chi connectivity index (χ0) is 15.5. The lowest BCUT2D eigenvalue weighted by Gasteiger charge is -2.26. The van der Waals surface area contributed by atoms with Crippen molar-refractivity contribution in [1.82, 2.24) is 10.3 Å². The second kappa shape index (κ2) is 5.86. The Hall–Kier alpha value is -2.87. The lowest BCUT2D eigenvalue weighted by molar-refractivity contribution is 0.188. The predicted molar refractivity (Wildman–Crippen MR) is 81.2 cm³/mol. The minimum atomic E-state index is -1.01. The summed E-state index contributed by atoms with van der Waals surface area (Å²) >= 11 is 0. The first-order valence-corrected chi connectivity index (χ1v) is 7.16. The van der Waals surface area contributed by atoms with E-state index in [2.05, 4.69) is 16.4 Å². The van der Waals surface area contributed by atoms with Crippen LogP contribution in [0.3, 0.4) is 0 Å². The monoisotopic (exact) mass is 293 g/mol. The molecular weight excluding hydrogens is 278 g/mol. The Morgan fingerprint density at radius 1 is 1.32 bits per heavy atom. The fraction of sp³-hybridized carbons (Fsp3) is 0.235. The van der Waals surface area contributed by atoms with Gasteiger partial charge in [0.25, 0.3) is 0 Å². The Bertz CT molecular complexity index is 747. The highest BCUT2D eigenvalue weighted by Gasteiger charge is 2.24. The number of nitrogens with one attached hydrogen (secondary N) is 1. The summed E-state index contributed by atoms with van der Waals surface area (Å²) in [4.78, 5) is 15.2. The van der Waals surface area contributed by atoms with Crippen molar-refractivity contribution in [1.29, 1.82) is 5.26 Å². The standard InChI is InChI=1S/C17H15N3O2/c18-8-11-4-6-12(7-5-11)14-9-19-10-15-13(14)2-1-3-16(15)20-17(21)22/h4-7,9-10,16,20H,1-3H2,(H,21,22). The van der Waals surface area contributed by atoms with E-state index in [-0.39, 0.29) is 6.04 Å². The van der Waals surface area contributed by atoms with Gasteiger partial charge in [-0.15, -0.1) is 0 Å². The van der Waals surface area contributed by atoms with E-state index in [4.69, 9.17) is 10.4 Å². The third kappa shape index (κ3) is 2.63. The van der Waals surface area contributed by atoms with Gasteiger partial charge in [0.05, 0.1) is 17.7 Å². The van der Waals surface area contributed by atoms with Crippen LogP contribution in [0.4, 0.5) is 4.79 Å². The van der Waals surface area contributed by atoms with Gasteiger partial charge in [0.15, 0.2) is 0 Å². The van der Waals surface area contributed by atoms with Gasteiger partial charge in [0.2, 0.25) is 0 Å². The molecule has 1 aromatic carbocycles. The van der Waals surface area contributed by atoms with Crippen LogP contribution in [0.5, 0.6) is 0 Å². The lowest BCUT2D eigenvalue weighted by Crippen LogP contribution is -2.29. The van der Waals surface area contributed by atoms with E-state index in [1.54, 1.807) is 18.3 Å². The van der Waals surface area contributed by atoms with Gasteiger partial charge in [-0.3, -0.25) is 4.98 Å². The van der Waals surface area contributed by atoms with Crippen LogP contribution in [-0.2, 0) is 6.42 Å². The van der Waals surface area contributed by atoms with E-state index in [1.165, 1.54) is 0 Å². The highest BCUT2D eigenvalue weighted by atomic mass is 16.4. The van der Waals surface area contributed by atoms with E-state index in [9.17, 15) is 4.79 Å². The number of pyridine rings is 1. The summed E-state index contributed by atoms with van der Waals surface area (Å²) in [7, 11) is 0. The highest BCUT2D eigenvalue weighted by Crippen LogP contribution is 2.35. The minimum absolute atomic E-state index is 0.202. The van der Waals surface area contributed by atoms with Crippen LogP contribution in [0.15, 0.2) is 36.7 Å². The number of amides is 1. The van der Waals surface area contributed by atoms with Crippen molar-refractivity contribution >= 4 is 6.09 Å². The summed E-state index contributed by atoms with van der Waals surface area (Å²) in [6, 6.07) is 9.28. The third-order valence-corrected chi connectivity index (χ3v) is 4.01. The van der Waals surface area contributed by atoms with Crippen LogP contribution in [0.25, 0.3) is 11.1 Å². The van der Waals surface area contributed by atoms with Gasteiger partial charge >= 0.3 is 6.09 Å². The number of carboxylic acid groups (broad SMARTS) is 1. The van der Waals surface area contributed by atoms with Crippen molar-refractivity contribution in [2.75, 3.05) is 0 Å². The van der Waals surface area contributed by atoms with Gasteiger partial charge in [-0.1, -0.05) is 12.1 Å². The van der Waals surface area contributed by atoms with Crippen molar-refractivity contribution < 1.29 is 9.90 Å². The molecule has 0 spiro atoms. The van der Waals surface area contributed by atoms with Crippen LogP contribution >= 0.6 is 0 Å². The number of benzene rings is 1. The van der Waals surface area contributed by atoms with Crippen molar-refractivity contribution in [2.24, 2.45) is 0 Å². The van der Waals surface area contributed by atoms with Crippen LogP contribution in [0.1, 0.15) is 35.6 Å². The van der Waals surface area contributed by atoms with E-state index in [0.717, 1.165) is 41.5 Å². The molecule has 5 nitrogen and oxygen atoms in total. The first-order valence-electron chi connectivity index (χ1n) is 7.16. The van der Waals surface area contributed by atoms with Gasteiger partial charge in [0.1, 0.15) is 0 Å². The molecule has 0 bridgehead atoms. The van der Waals surface area contributed by atoms with E-state index in [1.807, 2.05) is 18.3 Å². The normalized spacial score (nSPS) is 16.4. The first-order chi connectivity index (χ1) is 10.7. The quantitative estimate of drug-likeness (QED) is 0.889. The molecule has 1 heterocycles. The maximum atomic E-state index is 10.9. The lowest BCUT2D eigenvalue weighted by atomic mass is 9.85. The van der Waals surface area contributed by atoms with E-state index >= 15 is 0 Å². The fourth-order valence-corrected chi connectivity index (χ4v) is 2.99.